The average Bonchev–Trinajstić information content (AvgIpc) is 2.64. The van der Waals surface area contributed by atoms with E-state index in [1.807, 2.05) is 25.1 Å². The van der Waals surface area contributed by atoms with Crippen molar-refractivity contribution in [3.8, 4) is 11.4 Å². The van der Waals surface area contributed by atoms with E-state index in [9.17, 15) is 0 Å². The highest BCUT2D eigenvalue weighted by Crippen LogP contribution is 2.29. The normalized spacial score (nSPS) is 11.1. The molecule has 2 rings (SSSR count). The van der Waals surface area contributed by atoms with E-state index in [1.165, 1.54) is 0 Å². The summed E-state index contributed by atoms with van der Waals surface area (Å²) in [4.78, 5) is 0. The molecule has 1 aromatic carbocycles. The number of nitrogen functional groups attached to an aromatic ring is 1. The van der Waals surface area contributed by atoms with Gasteiger partial charge in [-0.2, -0.15) is 0 Å². The number of anilines is 1. The van der Waals surface area contributed by atoms with Crippen molar-refractivity contribution in [2.24, 2.45) is 0 Å². The van der Waals surface area contributed by atoms with Crippen LogP contribution in [0.4, 0.5) is 5.69 Å². The van der Waals surface area contributed by atoms with Crippen molar-refractivity contribution in [3.63, 3.8) is 0 Å². The van der Waals surface area contributed by atoms with Crippen LogP contribution in [0.25, 0.3) is 11.4 Å². The van der Waals surface area contributed by atoms with Gasteiger partial charge in [-0.15, -0.1) is 10.2 Å². The maximum atomic E-state index is 6.00. The van der Waals surface area contributed by atoms with E-state index in [-0.39, 0.29) is 0 Å². The molecular formula is C12H15BrN4. The molecule has 0 aliphatic carbocycles. The minimum absolute atomic E-state index is 0.304. The number of halogens is 1. The Balaban J connectivity index is 2.64. The van der Waals surface area contributed by atoms with Gasteiger partial charge >= 0.3 is 0 Å². The molecule has 0 bridgehead atoms. The summed E-state index contributed by atoms with van der Waals surface area (Å²) in [6.45, 7) is 6.16. The Labute approximate surface area is 109 Å². The predicted octanol–water partition coefficient (Wildman–Crippen LogP) is 3.18. The Bertz CT molecular complexity index is 545. The van der Waals surface area contributed by atoms with Crippen LogP contribution in [0.15, 0.2) is 22.7 Å². The summed E-state index contributed by atoms with van der Waals surface area (Å²) in [6, 6.07) is 6.06. The van der Waals surface area contributed by atoms with Crippen LogP contribution in [0.1, 0.15) is 25.7 Å². The van der Waals surface area contributed by atoms with Crippen molar-refractivity contribution in [2.75, 3.05) is 5.73 Å². The monoisotopic (exact) mass is 294 g/mol. The Morgan fingerprint density at radius 2 is 2.00 bits per heavy atom. The molecule has 0 spiro atoms. The van der Waals surface area contributed by atoms with Crippen LogP contribution < -0.4 is 5.73 Å². The van der Waals surface area contributed by atoms with Crippen LogP contribution >= 0.6 is 15.9 Å². The Morgan fingerprint density at radius 1 is 1.29 bits per heavy atom. The van der Waals surface area contributed by atoms with Crippen molar-refractivity contribution < 1.29 is 0 Å². The van der Waals surface area contributed by atoms with Gasteiger partial charge in [0.05, 0.1) is 0 Å². The van der Waals surface area contributed by atoms with E-state index in [2.05, 4.69) is 44.5 Å². The highest BCUT2D eigenvalue weighted by molar-refractivity contribution is 9.10. The van der Waals surface area contributed by atoms with Crippen molar-refractivity contribution >= 4 is 21.6 Å². The minimum Gasteiger partial charge on any atom is -0.398 e. The fourth-order valence-corrected chi connectivity index (χ4v) is 2.25. The number of nitrogens with zero attached hydrogens (tertiary/aromatic N) is 3. The van der Waals surface area contributed by atoms with Gasteiger partial charge in [0.2, 0.25) is 0 Å². The van der Waals surface area contributed by atoms with Crippen LogP contribution in [-0.4, -0.2) is 14.8 Å². The number of benzene rings is 1. The van der Waals surface area contributed by atoms with E-state index in [4.69, 9.17) is 5.73 Å². The molecule has 17 heavy (non-hydrogen) atoms. The van der Waals surface area contributed by atoms with Gasteiger partial charge in [0, 0.05) is 21.8 Å². The minimum atomic E-state index is 0.304. The maximum absolute atomic E-state index is 6.00. The summed E-state index contributed by atoms with van der Waals surface area (Å²) in [5, 5.41) is 8.35. The first kappa shape index (κ1) is 12.1. The summed E-state index contributed by atoms with van der Waals surface area (Å²) in [7, 11) is 0. The zero-order chi connectivity index (χ0) is 12.6. The molecule has 0 aliphatic rings. The van der Waals surface area contributed by atoms with Crippen LogP contribution in [-0.2, 0) is 0 Å². The third-order valence-corrected chi connectivity index (χ3v) is 3.13. The topological polar surface area (TPSA) is 56.7 Å². The van der Waals surface area contributed by atoms with Gasteiger partial charge in [0.15, 0.2) is 5.82 Å². The van der Waals surface area contributed by atoms with E-state index >= 15 is 0 Å². The number of nitrogens with two attached hydrogens (primary N) is 1. The molecule has 0 saturated heterocycles. The number of aromatic nitrogens is 3. The lowest BCUT2D eigenvalue weighted by molar-refractivity contribution is 0.588. The van der Waals surface area contributed by atoms with Crippen molar-refractivity contribution in [1.82, 2.24) is 14.8 Å². The van der Waals surface area contributed by atoms with Gasteiger partial charge < -0.3 is 10.3 Å². The quantitative estimate of drug-likeness (QED) is 0.866. The first-order valence-corrected chi connectivity index (χ1v) is 6.27. The number of rotatable bonds is 2. The second kappa shape index (κ2) is 4.49. The highest BCUT2D eigenvalue weighted by Gasteiger charge is 2.15. The van der Waals surface area contributed by atoms with E-state index in [1.54, 1.807) is 0 Å². The average molecular weight is 295 g/mol. The third kappa shape index (κ3) is 2.20. The van der Waals surface area contributed by atoms with Gasteiger partial charge in [-0.05, 0) is 39.0 Å². The molecule has 0 radical (unpaired) electrons. The fourth-order valence-electron chi connectivity index (χ4n) is 1.89. The molecule has 0 unspecified atom stereocenters. The molecule has 4 nitrogen and oxygen atoms in total. The maximum Gasteiger partial charge on any atom is 0.166 e. The lowest BCUT2D eigenvalue weighted by atomic mass is 10.1. The highest BCUT2D eigenvalue weighted by atomic mass is 79.9. The van der Waals surface area contributed by atoms with E-state index in [0.717, 1.165) is 21.7 Å². The molecule has 0 amide bonds. The van der Waals surface area contributed by atoms with Crippen molar-refractivity contribution in [2.45, 2.75) is 26.8 Å². The van der Waals surface area contributed by atoms with E-state index in [0.29, 0.717) is 11.7 Å². The Kier molecular flexibility index (Phi) is 3.19. The number of hydrogen-bond donors (Lipinski definition) is 1. The zero-order valence-electron chi connectivity index (χ0n) is 10.1. The lowest BCUT2D eigenvalue weighted by Crippen LogP contribution is -2.06. The van der Waals surface area contributed by atoms with Gasteiger partial charge in [0.1, 0.15) is 5.82 Å². The predicted molar refractivity (Wildman–Crippen MR) is 72.7 cm³/mol. The van der Waals surface area contributed by atoms with Crippen LogP contribution in [0.3, 0.4) is 0 Å². The molecule has 1 heterocycles. The number of aryl methyl sites for hydroxylation is 1. The van der Waals surface area contributed by atoms with Gasteiger partial charge in [-0.1, -0.05) is 15.9 Å². The summed E-state index contributed by atoms with van der Waals surface area (Å²) >= 11 is 3.45. The van der Waals surface area contributed by atoms with Crippen molar-refractivity contribution in [1.29, 1.82) is 0 Å². The summed E-state index contributed by atoms with van der Waals surface area (Å²) in [6.07, 6.45) is 0. The lowest BCUT2D eigenvalue weighted by Gasteiger charge is -2.13. The molecule has 1 aromatic heterocycles. The molecule has 0 aliphatic heterocycles. The number of hydrogen-bond acceptors (Lipinski definition) is 3. The summed E-state index contributed by atoms with van der Waals surface area (Å²) in [5.74, 6) is 1.71. The Morgan fingerprint density at radius 3 is 2.65 bits per heavy atom. The van der Waals surface area contributed by atoms with Gasteiger partial charge in [-0.25, -0.2) is 0 Å². The molecule has 0 fully saturated rings. The second-order valence-electron chi connectivity index (χ2n) is 4.27. The molecule has 90 valence electrons. The van der Waals surface area contributed by atoms with Crippen LogP contribution in [0.5, 0.6) is 0 Å². The van der Waals surface area contributed by atoms with Crippen LogP contribution in [0.2, 0.25) is 0 Å². The van der Waals surface area contributed by atoms with E-state index < -0.39 is 0 Å². The molecular weight excluding hydrogens is 280 g/mol. The molecule has 5 heteroatoms. The zero-order valence-corrected chi connectivity index (χ0v) is 11.7. The van der Waals surface area contributed by atoms with Gasteiger partial charge in [-0.3, -0.25) is 0 Å². The second-order valence-corrected chi connectivity index (χ2v) is 5.18. The first-order chi connectivity index (χ1) is 8.00. The summed E-state index contributed by atoms with van der Waals surface area (Å²) < 4.78 is 3.07. The van der Waals surface area contributed by atoms with Crippen LogP contribution in [0, 0.1) is 6.92 Å². The Hall–Kier alpha value is -1.36. The standard InChI is InChI=1S/C12H15BrN4/c1-7(2)17-8(3)15-16-12(17)10-6-9(13)4-5-11(10)14/h4-7H,14H2,1-3H3. The molecule has 0 saturated carbocycles. The molecule has 2 N–H and O–H groups in total. The first-order valence-electron chi connectivity index (χ1n) is 5.47. The summed E-state index contributed by atoms with van der Waals surface area (Å²) in [5.41, 5.74) is 7.62. The third-order valence-electron chi connectivity index (χ3n) is 2.64. The van der Waals surface area contributed by atoms with Crippen molar-refractivity contribution in [3.05, 3.63) is 28.5 Å². The molecule has 2 aromatic rings. The SMILES string of the molecule is Cc1nnc(-c2cc(Br)ccc2N)n1C(C)C. The van der Waals surface area contributed by atoms with Gasteiger partial charge in [0.25, 0.3) is 0 Å². The largest absolute Gasteiger partial charge is 0.398 e. The fraction of sp³-hybridized carbons (Fsp3) is 0.333. The molecule has 0 atom stereocenters. The smallest absolute Gasteiger partial charge is 0.166 e.